The second-order valence-corrected chi connectivity index (χ2v) is 4.19. The highest BCUT2D eigenvalue weighted by atomic mass is 35.5. The summed E-state index contributed by atoms with van der Waals surface area (Å²) in [5.74, 6) is 0.823. The van der Waals surface area contributed by atoms with E-state index in [4.69, 9.17) is 22.1 Å². The minimum absolute atomic E-state index is 0.607. The van der Waals surface area contributed by atoms with Gasteiger partial charge >= 0.3 is 0 Å². The van der Waals surface area contributed by atoms with Crippen molar-refractivity contribution in [1.82, 2.24) is 0 Å². The van der Waals surface area contributed by atoms with Crippen molar-refractivity contribution in [1.29, 1.82) is 0 Å². The van der Waals surface area contributed by atoms with E-state index in [1.165, 1.54) is 0 Å². The number of halogens is 1. The molecule has 0 atom stereocenters. The fourth-order valence-electron chi connectivity index (χ4n) is 1.57. The Morgan fingerprint density at radius 3 is 2.41 bits per heavy atom. The molecular weight excluding hydrogens is 234 g/mol. The molecule has 2 rings (SSSR count). The lowest BCUT2D eigenvalue weighted by Gasteiger charge is -2.07. The fraction of sp³-hybridized carbons (Fsp3) is 0.143. The Bertz CT molecular complexity index is 482. The molecule has 0 unspecified atom stereocenters. The quantitative estimate of drug-likeness (QED) is 0.839. The molecule has 0 radical (unpaired) electrons. The van der Waals surface area contributed by atoms with Crippen molar-refractivity contribution < 1.29 is 4.74 Å². The van der Waals surface area contributed by atoms with E-state index in [0.717, 1.165) is 23.4 Å². The summed E-state index contributed by atoms with van der Waals surface area (Å²) in [6.07, 6.45) is 0.801. The molecule has 0 spiro atoms. The predicted molar refractivity (Wildman–Crippen MR) is 71.5 cm³/mol. The van der Waals surface area contributed by atoms with E-state index in [9.17, 15) is 0 Å². The average Bonchev–Trinajstić information content (AvgIpc) is 2.34. The van der Waals surface area contributed by atoms with Crippen LogP contribution in [0.1, 0.15) is 5.56 Å². The Labute approximate surface area is 106 Å². The van der Waals surface area contributed by atoms with Crippen molar-refractivity contribution in [2.75, 3.05) is 12.3 Å². The molecule has 0 amide bonds. The Kier molecular flexibility index (Phi) is 3.89. The number of hydrogen-bond donors (Lipinski definition) is 1. The van der Waals surface area contributed by atoms with Gasteiger partial charge in [0.05, 0.1) is 6.61 Å². The first-order chi connectivity index (χ1) is 8.25. The number of para-hydroxylation sites is 1. The number of ether oxygens (including phenoxy) is 1. The van der Waals surface area contributed by atoms with Gasteiger partial charge in [-0.3, -0.25) is 0 Å². The highest BCUT2D eigenvalue weighted by Crippen LogP contribution is 2.16. The second kappa shape index (κ2) is 5.60. The summed E-state index contributed by atoms with van der Waals surface area (Å²) >= 11 is 5.79. The maximum absolute atomic E-state index is 5.85. The molecule has 0 saturated heterocycles. The Morgan fingerprint density at radius 1 is 1.00 bits per heavy atom. The molecule has 0 aliphatic carbocycles. The van der Waals surface area contributed by atoms with Gasteiger partial charge in [0.25, 0.3) is 0 Å². The molecule has 0 aliphatic rings. The zero-order valence-electron chi connectivity index (χ0n) is 9.40. The standard InChI is InChI=1S/C14H14ClNO/c15-12-5-7-13(8-6-12)17-10-9-11-3-1-2-4-14(11)16/h1-8H,9-10,16H2. The van der Waals surface area contributed by atoms with Crippen LogP contribution in [-0.4, -0.2) is 6.61 Å². The zero-order valence-corrected chi connectivity index (χ0v) is 10.2. The first-order valence-electron chi connectivity index (χ1n) is 5.47. The van der Waals surface area contributed by atoms with Crippen molar-refractivity contribution in [3.8, 4) is 5.75 Å². The van der Waals surface area contributed by atoms with Crippen LogP contribution < -0.4 is 10.5 Å². The van der Waals surface area contributed by atoms with Gasteiger partial charge < -0.3 is 10.5 Å². The summed E-state index contributed by atoms with van der Waals surface area (Å²) in [5, 5.41) is 0.713. The largest absolute Gasteiger partial charge is 0.493 e. The van der Waals surface area contributed by atoms with Gasteiger partial charge in [-0.25, -0.2) is 0 Å². The molecular formula is C14H14ClNO. The molecule has 2 nitrogen and oxygen atoms in total. The maximum Gasteiger partial charge on any atom is 0.119 e. The summed E-state index contributed by atoms with van der Waals surface area (Å²) in [7, 11) is 0. The topological polar surface area (TPSA) is 35.2 Å². The van der Waals surface area contributed by atoms with E-state index < -0.39 is 0 Å². The number of benzene rings is 2. The van der Waals surface area contributed by atoms with Crippen LogP contribution in [0.4, 0.5) is 5.69 Å². The van der Waals surface area contributed by atoms with E-state index >= 15 is 0 Å². The van der Waals surface area contributed by atoms with E-state index in [0.29, 0.717) is 11.6 Å². The average molecular weight is 248 g/mol. The van der Waals surface area contributed by atoms with Crippen molar-refractivity contribution in [2.24, 2.45) is 0 Å². The molecule has 2 aromatic carbocycles. The lowest BCUT2D eigenvalue weighted by molar-refractivity contribution is 0.322. The third kappa shape index (κ3) is 3.40. The summed E-state index contributed by atoms with van der Waals surface area (Å²) in [6, 6.07) is 15.2. The van der Waals surface area contributed by atoms with Gasteiger partial charge in [-0.2, -0.15) is 0 Å². The molecule has 88 valence electrons. The number of hydrogen-bond acceptors (Lipinski definition) is 2. The van der Waals surface area contributed by atoms with Crippen molar-refractivity contribution in [2.45, 2.75) is 6.42 Å². The monoisotopic (exact) mass is 247 g/mol. The predicted octanol–water partition coefficient (Wildman–Crippen LogP) is 3.54. The number of anilines is 1. The van der Waals surface area contributed by atoms with E-state index in [2.05, 4.69) is 0 Å². The van der Waals surface area contributed by atoms with Gasteiger partial charge in [0.2, 0.25) is 0 Å². The van der Waals surface area contributed by atoms with Gasteiger partial charge in [0.15, 0.2) is 0 Å². The Morgan fingerprint density at radius 2 is 1.71 bits per heavy atom. The van der Waals surface area contributed by atoms with E-state index in [1.54, 1.807) is 0 Å². The Hall–Kier alpha value is -1.67. The smallest absolute Gasteiger partial charge is 0.119 e. The summed E-state index contributed by atoms with van der Waals surface area (Å²) in [6.45, 7) is 0.607. The maximum atomic E-state index is 5.85. The number of nitrogens with two attached hydrogens (primary N) is 1. The molecule has 0 heterocycles. The molecule has 0 bridgehead atoms. The van der Waals surface area contributed by atoms with Crippen LogP contribution in [-0.2, 0) is 6.42 Å². The molecule has 0 aromatic heterocycles. The molecule has 0 saturated carbocycles. The van der Waals surface area contributed by atoms with E-state index in [-0.39, 0.29) is 0 Å². The fourth-order valence-corrected chi connectivity index (χ4v) is 1.70. The van der Waals surface area contributed by atoms with Gasteiger partial charge in [-0.15, -0.1) is 0 Å². The van der Waals surface area contributed by atoms with Crippen molar-refractivity contribution >= 4 is 17.3 Å². The summed E-state index contributed by atoms with van der Waals surface area (Å²) < 4.78 is 5.61. The third-order valence-electron chi connectivity index (χ3n) is 2.51. The molecule has 17 heavy (non-hydrogen) atoms. The van der Waals surface area contributed by atoms with Gasteiger partial charge in [0.1, 0.15) is 5.75 Å². The Balaban J connectivity index is 1.88. The van der Waals surface area contributed by atoms with Crippen LogP contribution in [0.25, 0.3) is 0 Å². The van der Waals surface area contributed by atoms with Crippen LogP contribution >= 0.6 is 11.6 Å². The van der Waals surface area contributed by atoms with Crippen LogP contribution in [0.5, 0.6) is 5.75 Å². The van der Waals surface area contributed by atoms with Crippen LogP contribution in [0.15, 0.2) is 48.5 Å². The summed E-state index contributed by atoms with van der Waals surface area (Å²) in [4.78, 5) is 0. The third-order valence-corrected chi connectivity index (χ3v) is 2.76. The molecule has 2 N–H and O–H groups in total. The van der Waals surface area contributed by atoms with Crippen LogP contribution in [0.3, 0.4) is 0 Å². The number of nitrogen functional groups attached to an aromatic ring is 1. The number of rotatable bonds is 4. The minimum Gasteiger partial charge on any atom is -0.493 e. The molecule has 0 aliphatic heterocycles. The SMILES string of the molecule is Nc1ccccc1CCOc1ccc(Cl)cc1. The van der Waals surface area contributed by atoms with Gasteiger partial charge in [0, 0.05) is 17.1 Å². The second-order valence-electron chi connectivity index (χ2n) is 3.75. The lowest BCUT2D eigenvalue weighted by Crippen LogP contribution is -2.03. The lowest BCUT2D eigenvalue weighted by atomic mass is 10.1. The van der Waals surface area contributed by atoms with Crippen LogP contribution in [0, 0.1) is 0 Å². The zero-order chi connectivity index (χ0) is 12.1. The summed E-state index contributed by atoms with van der Waals surface area (Å²) in [5.41, 5.74) is 7.77. The highest BCUT2D eigenvalue weighted by molar-refractivity contribution is 6.30. The van der Waals surface area contributed by atoms with Gasteiger partial charge in [-0.1, -0.05) is 29.8 Å². The first-order valence-corrected chi connectivity index (χ1v) is 5.85. The minimum atomic E-state index is 0.607. The normalized spacial score (nSPS) is 10.2. The molecule has 3 heteroatoms. The van der Waals surface area contributed by atoms with Crippen molar-refractivity contribution in [3.05, 3.63) is 59.1 Å². The van der Waals surface area contributed by atoms with Crippen LogP contribution in [0.2, 0.25) is 5.02 Å². The molecule has 0 fully saturated rings. The molecule has 2 aromatic rings. The van der Waals surface area contributed by atoms with E-state index in [1.807, 2.05) is 48.5 Å². The first kappa shape index (κ1) is 11.8. The van der Waals surface area contributed by atoms with Gasteiger partial charge in [-0.05, 0) is 35.9 Å². The van der Waals surface area contributed by atoms with Crippen molar-refractivity contribution in [3.63, 3.8) is 0 Å². The highest BCUT2D eigenvalue weighted by Gasteiger charge is 1.98.